The van der Waals surface area contributed by atoms with E-state index in [1.807, 2.05) is 0 Å². The molecule has 0 aliphatic heterocycles. The standard InChI is InChI=1S/C15H26O.C3H6O/c1-6-15(5,16)12-8-11-14(4)10-7-9-13(2)3;1-2-3-4/h6,9,11,16H,1,7-8,10,12H2,2-5H3;2,4H,1,3H2. The van der Waals surface area contributed by atoms with Crippen LogP contribution in [0.1, 0.15) is 53.4 Å². The van der Waals surface area contributed by atoms with Crippen LogP contribution in [0.5, 0.6) is 0 Å². The third-order valence-electron chi connectivity index (χ3n) is 2.80. The molecule has 0 radical (unpaired) electrons. The third-order valence-corrected chi connectivity index (χ3v) is 2.80. The second kappa shape index (κ2) is 12.9. The van der Waals surface area contributed by atoms with Crippen LogP contribution in [-0.2, 0) is 0 Å². The van der Waals surface area contributed by atoms with Gasteiger partial charge in [0.1, 0.15) is 0 Å². The van der Waals surface area contributed by atoms with Crippen molar-refractivity contribution in [3.8, 4) is 0 Å². The zero-order valence-electron chi connectivity index (χ0n) is 13.7. The summed E-state index contributed by atoms with van der Waals surface area (Å²) >= 11 is 0. The maximum atomic E-state index is 9.73. The van der Waals surface area contributed by atoms with Crippen molar-refractivity contribution in [3.63, 3.8) is 0 Å². The fourth-order valence-electron chi connectivity index (χ4n) is 1.40. The molecule has 2 heteroatoms. The van der Waals surface area contributed by atoms with E-state index in [1.165, 1.54) is 17.2 Å². The first-order chi connectivity index (χ1) is 9.29. The summed E-state index contributed by atoms with van der Waals surface area (Å²) in [5.74, 6) is 0. The van der Waals surface area contributed by atoms with Gasteiger partial charge in [-0.25, -0.2) is 0 Å². The molecule has 116 valence electrons. The summed E-state index contributed by atoms with van der Waals surface area (Å²) in [5, 5.41) is 17.5. The fraction of sp³-hybridized carbons (Fsp3) is 0.556. The van der Waals surface area contributed by atoms with E-state index >= 15 is 0 Å². The highest BCUT2D eigenvalue weighted by Gasteiger charge is 2.12. The minimum atomic E-state index is -0.726. The highest BCUT2D eigenvalue weighted by molar-refractivity contribution is 5.03. The predicted octanol–water partition coefficient (Wildman–Crippen LogP) is 4.56. The second-order valence-electron chi connectivity index (χ2n) is 5.44. The Kier molecular flexibility index (Phi) is 13.7. The molecule has 0 spiro atoms. The van der Waals surface area contributed by atoms with E-state index < -0.39 is 5.60 Å². The SMILES string of the molecule is C=CC(C)(O)CCC=C(C)CCC=C(C)C.C=CCO. The molecule has 0 aromatic heterocycles. The Morgan fingerprint density at radius 2 is 1.65 bits per heavy atom. The van der Waals surface area contributed by atoms with Crippen molar-refractivity contribution in [1.29, 1.82) is 0 Å². The summed E-state index contributed by atoms with van der Waals surface area (Å²) in [6, 6.07) is 0. The van der Waals surface area contributed by atoms with E-state index in [4.69, 9.17) is 5.11 Å². The van der Waals surface area contributed by atoms with E-state index in [2.05, 4.69) is 46.1 Å². The van der Waals surface area contributed by atoms with Crippen LogP contribution in [0.3, 0.4) is 0 Å². The average Bonchev–Trinajstić information content (AvgIpc) is 2.38. The minimum Gasteiger partial charge on any atom is -0.392 e. The van der Waals surface area contributed by atoms with Gasteiger partial charge in [0, 0.05) is 0 Å². The van der Waals surface area contributed by atoms with Gasteiger partial charge in [-0.05, 0) is 53.4 Å². The van der Waals surface area contributed by atoms with E-state index in [9.17, 15) is 5.11 Å². The Hall–Kier alpha value is -1.12. The van der Waals surface area contributed by atoms with Crippen molar-refractivity contribution in [2.24, 2.45) is 0 Å². The molecule has 1 atom stereocenters. The Morgan fingerprint density at radius 1 is 1.10 bits per heavy atom. The molecule has 0 heterocycles. The molecule has 0 amide bonds. The molecule has 2 N–H and O–H groups in total. The van der Waals surface area contributed by atoms with E-state index in [0.29, 0.717) is 0 Å². The van der Waals surface area contributed by atoms with Crippen molar-refractivity contribution < 1.29 is 10.2 Å². The number of aliphatic hydroxyl groups is 2. The van der Waals surface area contributed by atoms with Gasteiger partial charge in [0.15, 0.2) is 0 Å². The summed E-state index contributed by atoms with van der Waals surface area (Å²) in [4.78, 5) is 0. The molecular formula is C18H32O2. The number of hydrogen-bond acceptors (Lipinski definition) is 2. The van der Waals surface area contributed by atoms with Gasteiger partial charge < -0.3 is 10.2 Å². The molecule has 0 saturated carbocycles. The normalized spacial score (nSPS) is 13.6. The van der Waals surface area contributed by atoms with Crippen LogP contribution in [0.15, 0.2) is 48.6 Å². The van der Waals surface area contributed by atoms with Crippen LogP contribution >= 0.6 is 0 Å². The fourth-order valence-corrected chi connectivity index (χ4v) is 1.40. The van der Waals surface area contributed by atoms with Crippen LogP contribution < -0.4 is 0 Å². The second-order valence-corrected chi connectivity index (χ2v) is 5.44. The van der Waals surface area contributed by atoms with Gasteiger partial charge in [-0.1, -0.05) is 35.5 Å². The quantitative estimate of drug-likeness (QED) is 0.640. The highest BCUT2D eigenvalue weighted by atomic mass is 16.3. The predicted molar refractivity (Wildman–Crippen MR) is 89.8 cm³/mol. The molecule has 0 fully saturated rings. The number of allylic oxidation sites excluding steroid dienone is 4. The first-order valence-corrected chi connectivity index (χ1v) is 7.15. The first kappa shape index (κ1) is 21.2. The molecular weight excluding hydrogens is 248 g/mol. The largest absolute Gasteiger partial charge is 0.392 e. The monoisotopic (exact) mass is 280 g/mol. The molecule has 20 heavy (non-hydrogen) atoms. The van der Waals surface area contributed by atoms with E-state index in [0.717, 1.165) is 25.7 Å². The third kappa shape index (κ3) is 16.9. The van der Waals surface area contributed by atoms with Crippen molar-refractivity contribution in [2.45, 2.75) is 59.0 Å². The van der Waals surface area contributed by atoms with Gasteiger partial charge in [-0.3, -0.25) is 0 Å². The molecule has 0 bridgehead atoms. The number of hydrogen-bond donors (Lipinski definition) is 2. The van der Waals surface area contributed by atoms with Gasteiger partial charge in [0.2, 0.25) is 0 Å². The smallest absolute Gasteiger partial charge is 0.0800 e. The molecule has 0 aliphatic carbocycles. The highest BCUT2D eigenvalue weighted by Crippen LogP contribution is 2.15. The summed E-state index contributed by atoms with van der Waals surface area (Å²) < 4.78 is 0. The Morgan fingerprint density at radius 3 is 2.05 bits per heavy atom. The van der Waals surface area contributed by atoms with E-state index in [1.54, 1.807) is 13.0 Å². The maximum Gasteiger partial charge on any atom is 0.0800 e. The van der Waals surface area contributed by atoms with Crippen LogP contribution in [0.4, 0.5) is 0 Å². The maximum absolute atomic E-state index is 9.73. The molecule has 0 rings (SSSR count). The van der Waals surface area contributed by atoms with Gasteiger partial charge in [0.05, 0.1) is 12.2 Å². The van der Waals surface area contributed by atoms with Crippen molar-refractivity contribution in [2.75, 3.05) is 6.61 Å². The van der Waals surface area contributed by atoms with Crippen LogP contribution in [0.25, 0.3) is 0 Å². The van der Waals surface area contributed by atoms with Gasteiger partial charge in [-0.2, -0.15) is 0 Å². The van der Waals surface area contributed by atoms with Crippen molar-refractivity contribution >= 4 is 0 Å². The Bertz CT molecular complexity index is 318. The Balaban J connectivity index is 0. The van der Waals surface area contributed by atoms with Gasteiger partial charge >= 0.3 is 0 Å². The molecule has 0 aliphatic rings. The summed E-state index contributed by atoms with van der Waals surface area (Å²) in [5.41, 5.74) is 2.05. The lowest BCUT2D eigenvalue weighted by Gasteiger charge is -2.16. The summed E-state index contributed by atoms with van der Waals surface area (Å²) in [7, 11) is 0. The lowest BCUT2D eigenvalue weighted by atomic mass is 9.99. The zero-order chi connectivity index (χ0) is 16.0. The van der Waals surface area contributed by atoms with Crippen molar-refractivity contribution in [3.05, 3.63) is 48.6 Å². The van der Waals surface area contributed by atoms with Gasteiger partial charge in [-0.15, -0.1) is 13.2 Å². The lowest BCUT2D eigenvalue weighted by Crippen LogP contribution is -2.19. The zero-order valence-corrected chi connectivity index (χ0v) is 13.7. The summed E-state index contributed by atoms with van der Waals surface area (Å²) in [6.45, 7) is 15.1. The minimum absolute atomic E-state index is 0.0833. The van der Waals surface area contributed by atoms with Crippen molar-refractivity contribution in [1.82, 2.24) is 0 Å². The number of aliphatic hydroxyl groups excluding tert-OH is 1. The molecule has 2 nitrogen and oxygen atoms in total. The van der Waals surface area contributed by atoms with Crippen LogP contribution in [0.2, 0.25) is 0 Å². The summed E-state index contributed by atoms with van der Waals surface area (Å²) in [6.07, 6.45) is 11.4. The topological polar surface area (TPSA) is 40.5 Å². The molecule has 0 aromatic rings. The average molecular weight is 280 g/mol. The Labute approximate surface area is 125 Å². The molecule has 0 aromatic carbocycles. The van der Waals surface area contributed by atoms with Crippen LogP contribution in [0, 0.1) is 0 Å². The molecule has 0 saturated heterocycles. The van der Waals surface area contributed by atoms with Gasteiger partial charge in [0.25, 0.3) is 0 Å². The molecule has 1 unspecified atom stereocenters. The van der Waals surface area contributed by atoms with E-state index in [-0.39, 0.29) is 6.61 Å². The lowest BCUT2D eigenvalue weighted by molar-refractivity contribution is 0.103. The first-order valence-electron chi connectivity index (χ1n) is 7.15. The van der Waals surface area contributed by atoms with Crippen LogP contribution in [-0.4, -0.2) is 22.4 Å². The number of rotatable bonds is 8.